The fourth-order valence-corrected chi connectivity index (χ4v) is 1.46. The normalized spacial score (nSPS) is 50.1. The lowest BCUT2D eigenvalue weighted by Gasteiger charge is -1.95. The Bertz CT molecular complexity index is 147. The maximum absolute atomic E-state index is 6.72. The molecule has 0 aromatic rings. The highest BCUT2D eigenvalue weighted by molar-refractivity contribution is 5.05. The average Bonchev–Trinajstić information content (AvgIpc) is 2.46. The van der Waals surface area contributed by atoms with Crippen LogP contribution in [0.5, 0.6) is 0 Å². The monoisotopic (exact) mass is 108 g/mol. The fraction of sp³-hybridized carbons (Fsp3) is 0.833. The van der Waals surface area contributed by atoms with Gasteiger partial charge in [-0.3, -0.25) is 4.85 Å². The van der Waals surface area contributed by atoms with Crippen LogP contribution in [0.3, 0.4) is 0 Å². The van der Waals surface area contributed by atoms with E-state index in [1.807, 2.05) is 0 Å². The Morgan fingerprint density at radius 1 is 1.62 bits per heavy atom. The molecule has 2 aliphatic rings. The molecule has 2 rings (SSSR count). The van der Waals surface area contributed by atoms with Gasteiger partial charge in [0.05, 0.1) is 5.92 Å². The van der Waals surface area contributed by atoms with Gasteiger partial charge < -0.3 is 0 Å². The van der Waals surface area contributed by atoms with E-state index in [0.717, 1.165) is 18.4 Å². The zero-order valence-electron chi connectivity index (χ0n) is 4.59. The Hall–Kier alpha value is -0.550. The summed E-state index contributed by atoms with van der Waals surface area (Å²) in [5.74, 6) is 1.60. The van der Waals surface area contributed by atoms with Crippen molar-refractivity contribution in [3.05, 3.63) is 11.4 Å². The minimum absolute atomic E-state index is 0.181. The van der Waals surface area contributed by atoms with Crippen molar-refractivity contribution in [1.82, 2.24) is 5.32 Å². The van der Waals surface area contributed by atoms with Crippen molar-refractivity contribution in [1.29, 1.82) is 0 Å². The van der Waals surface area contributed by atoms with E-state index in [0.29, 0.717) is 0 Å². The largest absolute Gasteiger partial charge is 0.296 e. The van der Waals surface area contributed by atoms with Crippen molar-refractivity contribution < 1.29 is 0 Å². The number of hydrogen-bond donors (Lipinski definition) is 1. The summed E-state index contributed by atoms with van der Waals surface area (Å²) in [5.41, 5.74) is 0. The van der Waals surface area contributed by atoms with E-state index in [4.69, 9.17) is 6.57 Å². The first-order valence-corrected chi connectivity index (χ1v) is 3.02. The molecule has 0 aromatic carbocycles. The molecular formula is C6H8N2. The van der Waals surface area contributed by atoms with Gasteiger partial charge in [-0.2, -0.15) is 0 Å². The average molecular weight is 108 g/mol. The molecule has 2 nitrogen and oxygen atoms in total. The second kappa shape index (κ2) is 1.24. The Morgan fingerprint density at radius 2 is 2.50 bits per heavy atom. The molecule has 3 atom stereocenters. The molecule has 1 saturated carbocycles. The fourth-order valence-electron chi connectivity index (χ4n) is 1.46. The number of fused-ring (bicyclic) bond motifs is 1. The van der Waals surface area contributed by atoms with Gasteiger partial charge >= 0.3 is 0 Å². The van der Waals surface area contributed by atoms with E-state index in [1.54, 1.807) is 0 Å². The smallest absolute Gasteiger partial charge is 0.280 e. The summed E-state index contributed by atoms with van der Waals surface area (Å²) in [6.07, 6.45) is 1.49. The third-order valence-electron chi connectivity index (χ3n) is 2.11. The lowest BCUT2D eigenvalue weighted by Crippen LogP contribution is -2.21. The number of rotatable bonds is 0. The maximum Gasteiger partial charge on any atom is 0.280 e. The summed E-state index contributed by atoms with van der Waals surface area (Å²) in [7, 11) is 0. The number of piperidine rings is 1. The van der Waals surface area contributed by atoms with Crippen molar-refractivity contribution >= 4 is 0 Å². The Labute approximate surface area is 48.7 Å². The highest BCUT2D eigenvalue weighted by atomic mass is 15.1. The van der Waals surface area contributed by atoms with E-state index >= 15 is 0 Å². The molecule has 1 aliphatic carbocycles. The van der Waals surface area contributed by atoms with Crippen LogP contribution < -0.4 is 5.32 Å². The number of nitrogens with zero attached hydrogens (tertiary/aromatic N) is 1. The second-order valence-corrected chi connectivity index (χ2v) is 2.64. The molecule has 0 spiro atoms. The van der Waals surface area contributed by atoms with Crippen LogP contribution in [0.4, 0.5) is 0 Å². The number of hydrogen-bond acceptors (Lipinski definition) is 1. The maximum atomic E-state index is 6.72. The molecule has 0 bridgehead atoms. The van der Waals surface area contributed by atoms with Crippen molar-refractivity contribution in [3.8, 4) is 0 Å². The first-order chi connectivity index (χ1) is 3.92. The molecule has 0 radical (unpaired) electrons. The van der Waals surface area contributed by atoms with Crippen LogP contribution in [0.1, 0.15) is 6.42 Å². The lowest BCUT2D eigenvalue weighted by molar-refractivity contribution is 0.626. The van der Waals surface area contributed by atoms with Gasteiger partial charge in [-0.1, -0.05) is 0 Å². The van der Waals surface area contributed by atoms with E-state index in [2.05, 4.69) is 10.2 Å². The van der Waals surface area contributed by atoms with Crippen LogP contribution in [-0.2, 0) is 0 Å². The highest BCUT2D eigenvalue weighted by Gasteiger charge is 2.52. The van der Waals surface area contributed by atoms with Gasteiger partial charge in [0.15, 0.2) is 0 Å². The molecule has 42 valence electrons. The van der Waals surface area contributed by atoms with Crippen LogP contribution in [-0.4, -0.2) is 12.7 Å². The number of nitrogens with one attached hydrogen (secondary N) is 1. The van der Waals surface area contributed by atoms with Crippen LogP contribution in [0, 0.1) is 18.4 Å². The summed E-state index contributed by atoms with van der Waals surface area (Å²) >= 11 is 0. The lowest BCUT2D eigenvalue weighted by atomic mass is 10.3. The third-order valence-corrected chi connectivity index (χ3v) is 2.11. The summed E-state index contributed by atoms with van der Waals surface area (Å²) in [5, 5.41) is 3.15. The zero-order valence-corrected chi connectivity index (χ0v) is 4.59. The van der Waals surface area contributed by atoms with E-state index in [1.165, 1.54) is 6.42 Å². The van der Waals surface area contributed by atoms with Crippen LogP contribution in [0.2, 0.25) is 0 Å². The van der Waals surface area contributed by atoms with E-state index < -0.39 is 0 Å². The second-order valence-electron chi connectivity index (χ2n) is 2.64. The summed E-state index contributed by atoms with van der Waals surface area (Å²) in [6.45, 7) is 7.81. The van der Waals surface area contributed by atoms with Gasteiger partial charge in [0.1, 0.15) is 0 Å². The Morgan fingerprint density at radius 3 is 2.75 bits per heavy atom. The zero-order chi connectivity index (χ0) is 5.56. The van der Waals surface area contributed by atoms with Crippen molar-refractivity contribution in [2.75, 3.05) is 6.54 Å². The SMILES string of the molecule is [C-]#[N+]C1NC[C@H]2C[C@@H]12. The summed E-state index contributed by atoms with van der Waals surface area (Å²) in [6, 6.07) is 0. The van der Waals surface area contributed by atoms with Gasteiger partial charge in [-0.15, -0.1) is 0 Å². The van der Waals surface area contributed by atoms with Gasteiger partial charge in [0, 0.05) is 6.54 Å². The molecule has 1 saturated heterocycles. The molecule has 0 amide bonds. The summed E-state index contributed by atoms with van der Waals surface area (Å²) < 4.78 is 0. The van der Waals surface area contributed by atoms with Crippen molar-refractivity contribution in [3.63, 3.8) is 0 Å². The minimum Gasteiger partial charge on any atom is -0.296 e. The van der Waals surface area contributed by atoms with E-state index in [-0.39, 0.29) is 6.17 Å². The quantitative estimate of drug-likeness (QED) is 0.446. The predicted molar refractivity (Wildman–Crippen MR) is 30.0 cm³/mol. The molecule has 8 heavy (non-hydrogen) atoms. The minimum atomic E-state index is 0.181. The van der Waals surface area contributed by atoms with Gasteiger partial charge in [0.25, 0.3) is 6.17 Å². The topological polar surface area (TPSA) is 16.4 Å². The van der Waals surface area contributed by atoms with Crippen LogP contribution in [0.15, 0.2) is 0 Å². The summed E-state index contributed by atoms with van der Waals surface area (Å²) in [4.78, 5) is 3.45. The van der Waals surface area contributed by atoms with Gasteiger partial charge in [-0.25, -0.2) is 11.9 Å². The Balaban J connectivity index is 2.09. The first kappa shape index (κ1) is 4.34. The van der Waals surface area contributed by atoms with Gasteiger partial charge in [-0.05, 0) is 12.3 Å². The van der Waals surface area contributed by atoms with Crippen LogP contribution >= 0.6 is 0 Å². The van der Waals surface area contributed by atoms with Crippen LogP contribution in [0.25, 0.3) is 4.85 Å². The first-order valence-electron chi connectivity index (χ1n) is 3.02. The molecular weight excluding hydrogens is 100 g/mol. The van der Waals surface area contributed by atoms with Crippen molar-refractivity contribution in [2.24, 2.45) is 11.8 Å². The Kier molecular flexibility index (Phi) is 0.671. The molecule has 1 aliphatic heterocycles. The molecule has 2 fully saturated rings. The molecule has 1 heterocycles. The third kappa shape index (κ3) is 0.399. The van der Waals surface area contributed by atoms with E-state index in [9.17, 15) is 0 Å². The molecule has 2 heteroatoms. The standard InChI is InChI=1S/C6H8N2/c1-7-6-5-2-4(5)3-8-6/h4-6,8H,2-3H2/t4-,5-,6?/m1/s1. The molecule has 0 aromatic heterocycles. The predicted octanol–water partition coefficient (Wildman–Crippen LogP) is 0.471. The highest BCUT2D eigenvalue weighted by Crippen LogP contribution is 2.45. The molecule has 1 N–H and O–H groups in total. The van der Waals surface area contributed by atoms with Gasteiger partial charge in [0.2, 0.25) is 0 Å². The van der Waals surface area contributed by atoms with Crippen molar-refractivity contribution in [2.45, 2.75) is 12.6 Å². The molecule has 1 unspecified atom stereocenters.